The third kappa shape index (κ3) is 2.56. The minimum absolute atomic E-state index is 0.729. The van der Waals surface area contributed by atoms with Gasteiger partial charge in [-0.3, -0.25) is 0 Å². The lowest BCUT2D eigenvalue weighted by molar-refractivity contribution is 0.547. The predicted molar refractivity (Wildman–Crippen MR) is 59.3 cm³/mol. The number of hydrogen-bond donors (Lipinski definition) is 1. The number of nitrogens with zero attached hydrogens (tertiary/aromatic N) is 3. The Hall–Kier alpha value is -0.900. The van der Waals surface area contributed by atoms with Gasteiger partial charge in [-0.25, -0.2) is 9.67 Å². The molecule has 0 aliphatic heterocycles. The zero-order chi connectivity index (χ0) is 10.7. The first-order valence-corrected chi connectivity index (χ1v) is 5.95. The number of nitrogens with one attached hydrogen (secondary N) is 1. The van der Waals surface area contributed by atoms with Crippen molar-refractivity contribution in [2.75, 3.05) is 0 Å². The van der Waals surface area contributed by atoms with E-state index in [0.717, 1.165) is 30.9 Å². The molecule has 2 unspecified atom stereocenters. The van der Waals surface area contributed by atoms with Gasteiger partial charge in [0.05, 0.1) is 6.54 Å². The van der Waals surface area contributed by atoms with Crippen molar-refractivity contribution < 1.29 is 0 Å². The summed E-state index contributed by atoms with van der Waals surface area (Å²) in [5.41, 5.74) is 0. The monoisotopic (exact) mass is 208 g/mol. The van der Waals surface area contributed by atoms with E-state index in [-0.39, 0.29) is 0 Å². The molecule has 4 heteroatoms. The Balaban J connectivity index is 1.75. The molecule has 0 spiro atoms. The maximum Gasteiger partial charge on any atom is 0.140 e. The lowest BCUT2D eigenvalue weighted by Gasteiger charge is -2.04. The zero-order valence-electron chi connectivity index (χ0n) is 9.61. The van der Waals surface area contributed by atoms with Gasteiger partial charge in [-0.15, -0.1) is 0 Å². The lowest BCUT2D eigenvalue weighted by Crippen LogP contribution is -2.20. The summed E-state index contributed by atoms with van der Waals surface area (Å²) in [6.07, 6.45) is 5.64. The highest BCUT2D eigenvalue weighted by Gasteiger charge is 2.35. The van der Waals surface area contributed by atoms with Crippen molar-refractivity contribution in [2.45, 2.75) is 52.2 Å². The van der Waals surface area contributed by atoms with Crippen LogP contribution in [0.5, 0.6) is 0 Å². The molecule has 1 heterocycles. The van der Waals surface area contributed by atoms with Crippen molar-refractivity contribution in [3.63, 3.8) is 0 Å². The van der Waals surface area contributed by atoms with Crippen molar-refractivity contribution in [3.8, 4) is 0 Å². The zero-order valence-corrected chi connectivity index (χ0v) is 9.61. The van der Waals surface area contributed by atoms with Crippen LogP contribution in [0.3, 0.4) is 0 Å². The van der Waals surface area contributed by atoms with Crippen LogP contribution in [-0.4, -0.2) is 20.8 Å². The maximum absolute atomic E-state index is 4.25. The Labute approximate surface area is 91.1 Å². The molecule has 1 fully saturated rings. The van der Waals surface area contributed by atoms with E-state index < -0.39 is 0 Å². The van der Waals surface area contributed by atoms with Crippen molar-refractivity contribution >= 4 is 0 Å². The first kappa shape index (κ1) is 10.6. The van der Waals surface area contributed by atoms with E-state index >= 15 is 0 Å². The average molecular weight is 208 g/mol. The van der Waals surface area contributed by atoms with Gasteiger partial charge < -0.3 is 5.32 Å². The number of rotatable bonds is 6. The molecule has 1 saturated carbocycles. The third-order valence-corrected chi connectivity index (χ3v) is 3.10. The van der Waals surface area contributed by atoms with Gasteiger partial charge in [0.15, 0.2) is 0 Å². The van der Waals surface area contributed by atoms with Crippen molar-refractivity contribution in [2.24, 2.45) is 5.92 Å². The van der Waals surface area contributed by atoms with Crippen LogP contribution < -0.4 is 5.32 Å². The molecule has 1 aliphatic rings. The molecule has 0 radical (unpaired) electrons. The summed E-state index contributed by atoms with van der Waals surface area (Å²) in [6, 6.07) is 0.729. The lowest BCUT2D eigenvalue weighted by atomic mass is 10.2. The van der Waals surface area contributed by atoms with E-state index in [9.17, 15) is 0 Å². The van der Waals surface area contributed by atoms with E-state index in [2.05, 4.69) is 29.2 Å². The molecule has 2 rings (SSSR count). The van der Waals surface area contributed by atoms with Gasteiger partial charge in [0.2, 0.25) is 0 Å². The van der Waals surface area contributed by atoms with E-state index in [0.29, 0.717) is 0 Å². The normalized spacial score (nSPS) is 24.4. The molecular formula is C11H20N4. The second kappa shape index (κ2) is 4.75. The number of aromatic nitrogens is 3. The topological polar surface area (TPSA) is 42.7 Å². The third-order valence-electron chi connectivity index (χ3n) is 3.10. The minimum Gasteiger partial charge on any atom is -0.307 e. The highest BCUT2D eigenvalue weighted by Crippen LogP contribution is 2.34. The molecule has 2 atom stereocenters. The average Bonchev–Trinajstić information content (AvgIpc) is 2.82. The summed E-state index contributed by atoms with van der Waals surface area (Å²) >= 11 is 0. The van der Waals surface area contributed by atoms with Crippen LogP contribution in [-0.2, 0) is 13.1 Å². The molecule has 84 valence electrons. The molecule has 0 amide bonds. The molecular weight excluding hydrogens is 188 g/mol. The predicted octanol–water partition coefficient (Wildman–Crippen LogP) is 1.58. The van der Waals surface area contributed by atoms with E-state index in [1.54, 1.807) is 6.33 Å². The van der Waals surface area contributed by atoms with Crippen LogP contribution in [0.1, 0.15) is 38.9 Å². The van der Waals surface area contributed by atoms with Crippen molar-refractivity contribution in [1.29, 1.82) is 0 Å². The molecule has 1 N–H and O–H groups in total. The Morgan fingerprint density at radius 3 is 3.13 bits per heavy atom. The van der Waals surface area contributed by atoms with Crippen LogP contribution in [0, 0.1) is 5.92 Å². The highest BCUT2D eigenvalue weighted by atomic mass is 15.3. The van der Waals surface area contributed by atoms with Gasteiger partial charge >= 0.3 is 0 Å². The summed E-state index contributed by atoms with van der Waals surface area (Å²) in [5, 5.41) is 7.70. The second-order valence-corrected chi connectivity index (χ2v) is 4.26. The van der Waals surface area contributed by atoms with Crippen LogP contribution in [0.15, 0.2) is 6.33 Å². The summed E-state index contributed by atoms with van der Waals surface area (Å²) in [4.78, 5) is 4.25. The first-order valence-electron chi connectivity index (χ1n) is 5.95. The van der Waals surface area contributed by atoms with Crippen molar-refractivity contribution in [3.05, 3.63) is 12.2 Å². The van der Waals surface area contributed by atoms with Crippen LogP contribution in [0.4, 0.5) is 0 Å². The van der Waals surface area contributed by atoms with Gasteiger partial charge in [0, 0.05) is 12.6 Å². The van der Waals surface area contributed by atoms with E-state index in [1.807, 2.05) is 4.68 Å². The van der Waals surface area contributed by atoms with Crippen LogP contribution in [0.2, 0.25) is 0 Å². The minimum atomic E-state index is 0.729. The standard InChI is InChI=1S/C11H20N4/c1-3-5-9-6-10(9)12-7-11-13-8-14-15(11)4-2/h8-10,12H,3-7H2,1-2H3. The molecule has 0 aromatic carbocycles. The van der Waals surface area contributed by atoms with Crippen LogP contribution >= 0.6 is 0 Å². The second-order valence-electron chi connectivity index (χ2n) is 4.26. The molecule has 0 saturated heterocycles. The van der Waals surface area contributed by atoms with Crippen molar-refractivity contribution in [1.82, 2.24) is 20.1 Å². The van der Waals surface area contributed by atoms with E-state index in [4.69, 9.17) is 0 Å². The Bertz CT molecular complexity index is 307. The Kier molecular flexibility index (Phi) is 3.36. The maximum atomic E-state index is 4.25. The van der Waals surface area contributed by atoms with Gasteiger partial charge in [-0.05, 0) is 25.7 Å². The molecule has 4 nitrogen and oxygen atoms in total. The molecule has 0 bridgehead atoms. The fourth-order valence-electron chi connectivity index (χ4n) is 2.10. The Morgan fingerprint density at radius 1 is 1.53 bits per heavy atom. The largest absolute Gasteiger partial charge is 0.307 e. The Morgan fingerprint density at radius 2 is 2.40 bits per heavy atom. The van der Waals surface area contributed by atoms with Gasteiger partial charge in [-0.2, -0.15) is 5.10 Å². The fourth-order valence-corrected chi connectivity index (χ4v) is 2.10. The van der Waals surface area contributed by atoms with Crippen LogP contribution in [0.25, 0.3) is 0 Å². The number of aryl methyl sites for hydroxylation is 1. The smallest absolute Gasteiger partial charge is 0.140 e. The number of hydrogen-bond acceptors (Lipinski definition) is 3. The quantitative estimate of drug-likeness (QED) is 0.771. The molecule has 15 heavy (non-hydrogen) atoms. The summed E-state index contributed by atoms with van der Waals surface area (Å²) in [5.74, 6) is 1.97. The molecule has 1 aliphatic carbocycles. The fraction of sp³-hybridized carbons (Fsp3) is 0.818. The summed E-state index contributed by atoms with van der Waals surface area (Å²) in [6.45, 7) is 6.11. The first-order chi connectivity index (χ1) is 7.35. The van der Waals surface area contributed by atoms with Gasteiger partial charge in [0.1, 0.15) is 12.2 Å². The SMILES string of the molecule is CCCC1CC1NCc1ncnn1CC. The highest BCUT2D eigenvalue weighted by molar-refractivity contribution is 4.95. The summed E-state index contributed by atoms with van der Waals surface area (Å²) in [7, 11) is 0. The summed E-state index contributed by atoms with van der Waals surface area (Å²) < 4.78 is 1.95. The van der Waals surface area contributed by atoms with Gasteiger partial charge in [0.25, 0.3) is 0 Å². The van der Waals surface area contributed by atoms with Gasteiger partial charge in [-0.1, -0.05) is 13.3 Å². The molecule has 1 aromatic rings. The van der Waals surface area contributed by atoms with E-state index in [1.165, 1.54) is 19.3 Å². The molecule has 1 aromatic heterocycles.